The van der Waals surface area contributed by atoms with Crippen molar-refractivity contribution < 1.29 is 38.7 Å². The number of ether oxygens (including phenoxy) is 4. The Labute approximate surface area is 176 Å². The highest BCUT2D eigenvalue weighted by Crippen LogP contribution is 2.27. The number of halogens is 2. The summed E-state index contributed by atoms with van der Waals surface area (Å²) in [5, 5.41) is 30.5. The smallest absolute Gasteiger partial charge is 0.358 e. The van der Waals surface area contributed by atoms with Crippen LogP contribution in [0.2, 0.25) is 5.02 Å². The molecule has 1 aliphatic heterocycles. The number of hydrogen-bond donors (Lipinski definition) is 3. The van der Waals surface area contributed by atoms with Crippen LogP contribution in [0.4, 0.5) is 4.39 Å². The first-order chi connectivity index (χ1) is 13.9. The van der Waals surface area contributed by atoms with Gasteiger partial charge in [0.25, 0.3) is 0 Å². The molecule has 5 atom stereocenters. The number of aliphatic hydroxyl groups is 3. The summed E-state index contributed by atoms with van der Waals surface area (Å²) in [5.74, 6) is 0.1000. The molecule has 10 heteroatoms. The Morgan fingerprint density at radius 2 is 1.66 bits per heavy atom. The van der Waals surface area contributed by atoms with Crippen LogP contribution in [0, 0.1) is 5.82 Å². The van der Waals surface area contributed by atoms with Gasteiger partial charge in [0.05, 0.1) is 6.61 Å². The number of rotatable bonds is 5. The Morgan fingerprint density at radius 3 is 2.28 bits per heavy atom. The maximum atomic E-state index is 13.0. The van der Waals surface area contributed by atoms with Crippen LogP contribution in [0.15, 0.2) is 48.5 Å². The van der Waals surface area contributed by atoms with E-state index < -0.39 is 48.4 Å². The van der Waals surface area contributed by atoms with E-state index in [1.807, 2.05) is 0 Å². The summed E-state index contributed by atoms with van der Waals surface area (Å²) in [7, 11) is 0. The summed E-state index contributed by atoms with van der Waals surface area (Å²) in [4.78, 5) is 0. The zero-order valence-electron chi connectivity index (χ0n) is 14.9. The van der Waals surface area contributed by atoms with Crippen molar-refractivity contribution in [2.45, 2.75) is 30.7 Å². The average Bonchev–Trinajstić information content (AvgIpc) is 2.70. The molecule has 0 radical (unpaired) electrons. The van der Waals surface area contributed by atoms with Gasteiger partial charge in [-0.3, -0.25) is 0 Å². The van der Waals surface area contributed by atoms with Crippen LogP contribution >= 0.6 is 23.8 Å². The minimum Gasteiger partial charge on any atom is -0.462 e. The topological polar surface area (TPSA) is 97.6 Å². The quantitative estimate of drug-likeness (QED) is 0.603. The molecule has 1 heterocycles. The predicted molar refractivity (Wildman–Crippen MR) is 104 cm³/mol. The van der Waals surface area contributed by atoms with E-state index in [1.54, 1.807) is 24.3 Å². The van der Waals surface area contributed by atoms with Gasteiger partial charge in [0, 0.05) is 17.2 Å². The monoisotopic (exact) mass is 444 g/mol. The van der Waals surface area contributed by atoms with Gasteiger partial charge in [-0.25, -0.2) is 4.39 Å². The van der Waals surface area contributed by atoms with Gasteiger partial charge in [0.15, 0.2) is 12.2 Å². The molecule has 1 fully saturated rings. The Kier molecular flexibility index (Phi) is 7.23. The van der Waals surface area contributed by atoms with Gasteiger partial charge in [-0.1, -0.05) is 11.6 Å². The molecular weight excluding hydrogens is 427 g/mol. The molecule has 3 N–H and O–H groups in total. The lowest BCUT2D eigenvalue weighted by atomic mass is 9.99. The van der Waals surface area contributed by atoms with Crippen LogP contribution in [0.25, 0.3) is 0 Å². The van der Waals surface area contributed by atoms with E-state index in [1.165, 1.54) is 24.3 Å². The second-order valence-electron chi connectivity index (χ2n) is 6.17. The van der Waals surface area contributed by atoms with Crippen molar-refractivity contribution in [1.29, 1.82) is 0 Å². The van der Waals surface area contributed by atoms with E-state index in [-0.39, 0.29) is 5.75 Å². The lowest BCUT2D eigenvalue weighted by Gasteiger charge is -2.41. The lowest BCUT2D eigenvalue weighted by molar-refractivity contribution is -0.275. The molecule has 2 aromatic rings. The summed E-state index contributed by atoms with van der Waals surface area (Å²) in [6.07, 6.45) is -6.58. The minimum atomic E-state index is -1.47. The maximum Gasteiger partial charge on any atom is 0.358 e. The summed E-state index contributed by atoms with van der Waals surface area (Å²) in [6, 6.07) is 11.3. The van der Waals surface area contributed by atoms with Crippen molar-refractivity contribution >= 4 is 29.1 Å². The molecule has 0 saturated carbocycles. The average molecular weight is 445 g/mol. The fourth-order valence-corrected chi connectivity index (χ4v) is 3.00. The SMILES string of the molecule is OC[C@H]1O[C@@H](Oc2ccc(Cl)cc2)[C@@H](O)[C@@H](OC(=S)Oc2ccc(F)cc2)[C@@H]1O. The molecule has 2 aromatic carbocycles. The van der Waals surface area contributed by atoms with E-state index in [2.05, 4.69) is 0 Å². The largest absolute Gasteiger partial charge is 0.462 e. The Balaban J connectivity index is 1.70. The molecule has 29 heavy (non-hydrogen) atoms. The lowest BCUT2D eigenvalue weighted by Crippen LogP contribution is -2.61. The summed E-state index contributed by atoms with van der Waals surface area (Å²) >= 11 is 10.8. The van der Waals surface area contributed by atoms with Gasteiger partial charge in [0.2, 0.25) is 6.29 Å². The summed E-state index contributed by atoms with van der Waals surface area (Å²) in [5.41, 5.74) is 0. The first-order valence-corrected chi connectivity index (χ1v) is 9.34. The van der Waals surface area contributed by atoms with E-state index in [0.717, 1.165) is 0 Å². The highest BCUT2D eigenvalue weighted by atomic mass is 35.5. The third-order valence-corrected chi connectivity index (χ3v) is 4.57. The van der Waals surface area contributed by atoms with Crippen molar-refractivity contribution in [2.24, 2.45) is 0 Å². The number of benzene rings is 2. The van der Waals surface area contributed by atoms with Crippen LogP contribution < -0.4 is 9.47 Å². The highest BCUT2D eigenvalue weighted by molar-refractivity contribution is 7.79. The first-order valence-electron chi connectivity index (χ1n) is 8.56. The summed E-state index contributed by atoms with van der Waals surface area (Å²) in [6.45, 7) is -0.556. The standard InChI is InChI=1S/C19H18ClFO7S/c20-10-1-5-12(6-2-10)25-18-16(24)17(15(23)14(9-22)27-18)28-19(29)26-13-7-3-11(21)4-8-13/h1-8,14-18,22-24H,9H2/t14-,15-,16+,17+,18-/m1/s1. The number of aliphatic hydroxyl groups excluding tert-OH is 3. The van der Waals surface area contributed by atoms with Crippen LogP contribution in [0.5, 0.6) is 11.5 Å². The second-order valence-corrected chi connectivity index (χ2v) is 6.94. The Bertz CT molecular complexity index is 820. The maximum absolute atomic E-state index is 13.0. The van der Waals surface area contributed by atoms with Crippen LogP contribution in [-0.4, -0.2) is 57.9 Å². The van der Waals surface area contributed by atoms with Crippen molar-refractivity contribution in [3.8, 4) is 11.5 Å². The van der Waals surface area contributed by atoms with E-state index in [0.29, 0.717) is 10.8 Å². The first kappa shape index (κ1) is 21.7. The summed E-state index contributed by atoms with van der Waals surface area (Å²) < 4.78 is 34.7. The molecule has 156 valence electrons. The fraction of sp³-hybridized carbons (Fsp3) is 0.316. The van der Waals surface area contributed by atoms with Gasteiger partial charge in [-0.05, 0) is 48.5 Å². The van der Waals surface area contributed by atoms with Gasteiger partial charge in [0.1, 0.15) is 29.5 Å². The van der Waals surface area contributed by atoms with Gasteiger partial charge >= 0.3 is 5.24 Å². The molecule has 3 rings (SSSR count). The second kappa shape index (κ2) is 9.66. The molecule has 1 aliphatic rings. The normalized spacial score (nSPS) is 26.6. The number of thiocarbonyl (C=S) groups is 1. The zero-order chi connectivity index (χ0) is 21.0. The highest BCUT2D eigenvalue weighted by Gasteiger charge is 2.47. The number of hydrogen-bond acceptors (Lipinski definition) is 8. The predicted octanol–water partition coefficient (Wildman–Crippen LogP) is 2.05. The van der Waals surface area contributed by atoms with Crippen molar-refractivity contribution in [1.82, 2.24) is 0 Å². The molecule has 0 spiro atoms. The molecule has 0 aromatic heterocycles. The molecule has 0 unspecified atom stereocenters. The Hall–Kier alpha value is -2.01. The van der Waals surface area contributed by atoms with Crippen molar-refractivity contribution in [2.75, 3.05) is 6.61 Å². The van der Waals surface area contributed by atoms with Crippen LogP contribution in [0.1, 0.15) is 0 Å². The molecule has 0 amide bonds. The van der Waals surface area contributed by atoms with Gasteiger partial charge < -0.3 is 34.3 Å². The Morgan fingerprint density at radius 1 is 1.03 bits per heavy atom. The molecule has 1 saturated heterocycles. The van der Waals surface area contributed by atoms with E-state index in [4.69, 9.17) is 42.8 Å². The third-order valence-electron chi connectivity index (χ3n) is 4.13. The van der Waals surface area contributed by atoms with Gasteiger partial charge in [-0.2, -0.15) is 0 Å². The molecule has 0 aliphatic carbocycles. The van der Waals surface area contributed by atoms with E-state index >= 15 is 0 Å². The minimum absolute atomic E-state index is 0.208. The third kappa shape index (κ3) is 5.53. The van der Waals surface area contributed by atoms with Crippen LogP contribution in [0.3, 0.4) is 0 Å². The van der Waals surface area contributed by atoms with Crippen LogP contribution in [-0.2, 0) is 9.47 Å². The van der Waals surface area contributed by atoms with E-state index in [9.17, 15) is 19.7 Å². The molecular formula is C19H18ClFO7S. The molecule has 0 bridgehead atoms. The molecule has 7 nitrogen and oxygen atoms in total. The van der Waals surface area contributed by atoms with Crippen molar-refractivity contribution in [3.05, 3.63) is 59.4 Å². The van der Waals surface area contributed by atoms with Crippen molar-refractivity contribution in [3.63, 3.8) is 0 Å². The van der Waals surface area contributed by atoms with Gasteiger partial charge in [-0.15, -0.1) is 0 Å². The fourth-order valence-electron chi connectivity index (χ4n) is 2.67. The zero-order valence-corrected chi connectivity index (χ0v) is 16.4.